The average molecular weight is 527 g/mol. The number of aromatic nitrogens is 1. The Morgan fingerprint density at radius 1 is 1.11 bits per heavy atom. The van der Waals surface area contributed by atoms with Gasteiger partial charge in [-0.3, -0.25) is 4.98 Å². The Morgan fingerprint density at radius 2 is 1.92 bits per heavy atom. The van der Waals surface area contributed by atoms with Crippen LogP contribution >= 0.6 is 0 Å². The standard InChI is InChI=1S/C28H35FN4O3S/c29-28-21(15-22(30)17-27(28)37(31,35)36)7-3-1-2-4-13-33-26-11-8-20-16-23(34)9-10-24(20)25(26)14-19-6-5-12-32-18-19/h5-6,9-10,12,15-18,25-26,33-34H,1-4,7-8,11,13-14,30H2,(H2,31,35,36)/t25-,26+/m1/s1. The molecule has 0 bridgehead atoms. The molecule has 0 aliphatic heterocycles. The molecule has 0 saturated heterocycles. The highest BCUT2D eigenvalue weighted by molar-refractivity contribution is 7.89. The zero-order valence-corrected chi connectivity index (χ0v) is 21.7. The van der Waals surface area contributed by atoms with Crippen LogP contribution in [-0.2, 0) is 29.3 Å². The monoisotopic (exact) mass is 526 g/mol. The summed E-state index contributed by atoms with van der Waals surface area (Å²) in [5, 5.41) is 18.8. The van der Waals surface area contributed by atoms with E-state index in [1.54, 1.807) is 12.3 Å². The number of benzene rings is 2. The van der Waals surface area contributed by atoms with E-state index in [4.69, 9.17) is 10.9 Å². The number of phenolic OH excluding ortho intramolecular Hbond substituents is 1. The zero-order valence-electron chi connectivity index (χ0n) is 20.9. The van der Waals surface area contributed by atoms with Gasteiger partial charge in [-0.1, -0.05) is 25.0 Å². The summed E-state index contributed by atoms with van der Waals surface area (Å²) in [5.41, 5.74) is 9.92. The summed E-state index contributed by atoms with van der Waals surface area (Å²) in [7, 11) is -4.16. The molecule has 0 amide bonds. The number of nitrogen functional groups attached to an aromatic ring is 1. The molecule has 0 spiro atoms. The highest BCUT2D eigenvalue weighted by atomic mass is 32.2. The van der Waals surface area contributed by atoms with E-state index in [-0.39, 0.29) is 11.3 Å². The van der Waals surface area contributed by atoms with Crippen molar-refractivity contribution in [1.29, 1.82) is 0 Å². The largest absolute Gasteiger partial charge is 0.508 e. The van der Waals surface area contributed by atoms with Crippen molar-refractivity contribution in [2.24, 2.45) is 5.14 Å². The third kappa shape index (κ3) is 7.06. The Balaban J connectivity index is 1.28. The number of nitrogens with zero attached hydrogens (tertiary/aromatic N) is 1. The van der Waals surface area contributed by atoms with Crippen molar-refractivity contribution >= 4 is 15.7 Å². The lowest BCUT2D eigenvalue weighted by Gasteiger charge is -2.35. The van der Waals surface area contributed by atoms with E-state index >= 15 is 0 Å². The summed E-state index contributed by atoms with van der Waals surface area (Å²) in [6.07, 6.45) is 10.5. The first-order chi connectivity index (χ1) is 17.7. The lowest BCUT2D eigenvalue weighted by molar-refractivity contribution is 0.378. The van der Waals surface area contributed by atoms with Gasteiger partial charge >= 0.3 is 0 Å². The molecule has 198 valence electrons. The van der Waals surface area contributed by atoms with Gasteiger partial charge in [0.25, 0.3) is 0 Å². The predicted octanol–water partition coefficient (Wildman–Crippen LogP) is 4.19. The molecule has 4 rings (SSSR count). The van der Waals surface area contributed by atoms with Gasteiger partial charge in [0.2, 0.25) is 10.0 Å². The highest BCUT2D eigenvalue weighted by Gasteiger charge is 2.29. The fourth-order valence-corrected chi connectivity index (χ4v) is 6.00. The number of unbranched alkanes of at least 4 members (excludes halogenated alkanes) is 3. The Morgan fingerprint density at radius 3 is 2.68 bits per heavy atom. The molecule has 0 radical (unpaired) electrons. The van der Waals surface area contributed by atoms with Crippen molar-refractivity contribution < 1.29 is 17.9 Å². The van der Waals surface area contributed by atoms with Crippen molar-refractivity contribution in [2.75, 3.05) is 12.3 Å². The van der Waals surface area contributed by atoms with E-state index in [9.17, 15) is 17.9 Å². The summed E-state index contributed by atoms with van der Waals surface area (Å²) in [6.45, 7) is 0.879. The normalized spacial score (nSPS) is 17.5. The maximum atomic E-state index is 14.6. The molecule has 1 heterocycles. The van der Waals surface area contributed by atoms with Gasteiger partial charge in [0.1, 0.15) is 16.5 Å². The number of halogens is 1. The topological polar surface area (TPSA) is 131 Å². The van der Waals surface area contributed by atoms with E-state index in [1.165, 1.54) is 22.8 Å². The fraction of sp³-hybridized carbons (Fsp3) is 0.393. The third-order valence-electron chi connectivity index (χ3n) is 7.14. The van der Waals surface area contributed by atoms with Gasteiger partial charge in [-0.25, -0.2) is 17.9 Å². The molecule has 0 saturated carbocycles. The van der Waals surface area contributed by atoms with Crippen LogP contribution in [0.5, 0.6) is 5.75 Å². The number of nitrogens with two attached hydrogens (primary N) is 2. The Labute approximate surface area is 218 Å². The van der Waals surface area contributed by atoms with Gasteiger partial charge in [0.15, 0.2) is 0 Å². The predicted molar refractivity (Wildman–Crippen MR) is 143 cm³/mol. The number of anilines is 1. The molecule has 6 N–H and O–H groups in total. The zero-order chi connectivity index (χ0) is 26.4. The SMILES string of the molecule is Nc1cc(CCCCCCN[C@H]2CCc3cc(O)ccc3[C@H]2Cc2cccnc2)c(F)c(S(N)(=O)=O)c1. The van der Waals surface area contributed by atoms with Gasteiger partial charge in [-0.15, -0.1) is 0 Å². The molecule has 37 heavy (non-hydrogen) atoms. The third-order valence-corrected chi connectivity index (χ3v) is 8.05. The molecular weight excluding hydrogens is 491 g/mol. The quantitative estimate of drug-likeness (QED) is 0.219. The smallest absolute Gasteiger partial charge is 0.241 e. The first kappa shape index (κ1) is 27.0. The highest BCUT2D eigenvalue weighted by Crippen LogP contribution is 2.36. The van der Waals surface area contributed by atoms with E-state index in [0.717, 1.165) is 57.6 Å². The molecule has 1 aromatic heterocycles. The summed E-state index contributed by atoms with van der Waals surface area (Å²) in [6, 6.07) is 12.6. The number of aryl methyl sites for hydroxylation is 2. The second-order valence-electron chi connectivity index (χ2n) is 9.86. The maximum Gasteiger partial charge on any atom is 0.241 e. The second kappa shape index (κ2) is 12.0. The minimum atomic E-state index is -4.16. The van der Waals surface area contributed by atoms with E-state index in [2.05, 4.69) is 22.4 Å². The lowest BCUT2D eigenvalue weighted by Crippen LogP contribution is -2.39. The molecule has 1 aliphatic rings. The minimum Gasteiger partial charge on any atom is -0.508 e. The first-order valence-corrected chi connectivity index (χ1v) is 14.3. The first-order valence-electron chi connectivity index (χ1n) is 12.8. The molecule has 0 fully saturated rings. The summed E-state index contributed by atoms with van der Waals surface area (Å²) < 4.78 is 37.8. The molecule has 2 atom stereocenters. The van der Waals surface area contributed by atoms with Crippen LogP contribution in [0.4, 0.5) is 10.1 Å². The van der Waals surface area contributed by atoms with E-state index in [1.807, 2.05) is 18.3 Å². The second-order valence-corrected chi connectivity index (χ2v) is 11.4. The van der Waals surface area contributed by atoms with E-state index < -0.39 is 20.7 Å². The Kier molecular flexibility index (Phi) is 8.79. The molecule has 7 nitrogen and oxygen atoms in total. The van der Waals surface area contributed by atoms with Crippen molar-refractivity contribution in [3.63, 3.8) is 0 Å². The van der Waals surface area contributed by atoms with Crippen LogP contribution in [0.15, 0.2) is 59.8 Å². The Bertz CT molecular complexity index is 1320. The molecule has 2 aromatic carbocycles. The Hall–Kier alpha value is -3.01. The van der Waals surface area contributed by atoms with Crippen LogP contribution in [0.3, 0.4) is 0 Å². The van der Waals surface area contributed by atoms with Gasteiger partial charge in [0.05, 0.1) is 0 Å². The summed E-state index contributed by atoms with van der Waals surface area (Å²) in [4.78, 5) is 3.73. The number of phenols is 1. The molecule has 0 unspecified atom stereocenters. The van der Waals surface area contributed by atoms with Crippen LogP contribution in [0.1, 0.15) is 60.3 Å². The van der Waals surface area contributed by atoms with Crippen LogP contribution in [0.2, 0.25) is 0 Å². The maximum absolute atomic E-state index is 14.6. The van der Waals surface area contributed by atoms with Crippen LogP contribution < -0.4 is 16.2 Å². The number of nitrogens with one attached hydrogen (secondary N) is 1. The molecule has 3 aromatic rings. The number of pyridine rings is 1. The average Bonchev–Trinajstić information content (AvgIpc) is 2.86. The van der Waals surface area contributed by atoms with Crippen LogP contribution in [-0.4, -0.2) is 31.1 Å². The van der Waals surface area contributed by atoms with Crippen molar-refractivity contribution in [1.82, 2.24) is 10.3 Å². The molecule has 1 aliphatic carbocycles. The number of hydrogen-bond donors (Lipinski definition) is 4. The number of sulfonamides is 1. The van der Waals surface area contributed by atoms with Crippen molar-refractivity contribution in [2.45, 2.75) is 68.2 Å². The number of hydrogen-bond acceptors (Lipinski definition) is 6. The van der Waals surface area contributed by atoms with Crippen molar-refractivity contribution in [3.8, 4) is 5.75 Å². The fourth-order valence-electron chi connectivity index (χ4n) is 5.32. The molecule has 9 heteroatoms. The van der Waals surface area contributed by atoms with Crippen LogP contribution in [0, 0.1) is 5.82 Å². The van der Waals surface area contributed by atoms with Gasteiger partial charge in [-0.2, -0.15) is 0 Å². The summed E-state index contributed by atoms with van der Waals surface area (Å²) >= 11 is 0. The number of rotatable bonds is 11. The number of aromatic hydroxyl groups is 1. The van der Waals surface area contributed by atoms with Gasteiger partial charge in [-0.05, 0) is 97.7 Å². The van der Waals surface area contributed by atoms with Gasteiger partial charge in [0, 0.05) is 30.0 Å². The minimum absolute atomic E-state index is 0.190. The molecular formula is C28H35FN4O3S. The van der Waals surface area contributed by atoms with E-state index in [0.29, 0.717) is 24.1 Å². The van der Waals surface area contributed by atoms with Crippen LogP contribution in [0.25, 0.3) is 0 Å². The van der Waals surface area contributed by atoms with Crippen molar-refractivity contribution in [3.05, 3.63) is 82.9 Å². The van der Waals surface area contributed by atoms with Gasteiger partial charge < -0.3 is 16.2 Å². The number of fused-ring (bicyclic) bond motifs is 1. The summed E-state index contributed by atoms with van der Waals surface area (Å²) in [5.74, 6) is -0.193. The number of primary sulfonamides is 1. The lowest BCUT2D eigenvalue weighted by atomic mass is 9.76.